The Hall–Kier alpha value is -3.90. The lowest BCUT2D eigenvalue weighted by atomic mass is 9.98. The quantitative estimate of drug-likeness (QED) is 0.340. The first-order chi connectivity index (χ1) is 15.6. The molecule has 0 aliphatic rings. The van der Waals surface area contributed by atoms with Crippen LogP contribution < -0.4 is 5.32 Å². The van der Waals surface area contributed by atoms with Gasteiger partial charge in [-0.25, -0.2) is 14.4 Å². The van der Waals surface area contributed by atoms with E-state index in [1.165, 1.54) is 12.4 Å². The molecule has 7 heteroatoms. The van der Waals surface area contributed by atoms with Gasteiger partial charge in [-0.1, -0.05) is 23.7 Å². The van der Waals surface area contributed by atoms with Gasteiger partial charge in [-0.2, -0.15) is 0 Å². The van der Waals surface area contributed by atoms with Crippen LogP contribution in [0, 0.1) is 12.7 Å². The van der Waals surface area contributed by atoms with Gasteiger partial charge in [0, 0.05) is 28.4 Å². The lowest BCUT2D eigenvalue weighted by Crippen LogP contribution is -1.97. The summed E-state index contributed by atoms with van der Waals surface area (Å²) in [5.74, 6) is 0.217. The predicted octanol–water partition coefficient (Wildman–Crippen LogP) is 6.60. The molecule has 0 aliphatic heterocycles. The summed E-state index contributed by atoms with van der Waals surface area (Å²) < 4.78 is 13.7. The normalized spacial score (nSPS) is 11.0. The number of hydrogen-bond acceptors (Lipinski definition) is 5. The summed E-state index contributed by atoms with van der Waals surface area (Å²) in [7, 11) is 0. The van der Waals surface area contributed by atoms with Gasteiger partial charge in [0.05, 0.1) is 28.1 Å². The van der Waals surface area contributed by atoms with Crippen molar-refractivity contribution in [2.24, 2.45) is 0 Å². The van der Waals surface area contributed by atoms with Crippen LogP contribution in [0.4, 0.5) is 15.9 Å². The monoisotopic (exact) mass is 441 g/mol. The Balaban J connectivity index is 1.61. The van der Waals surface area contributed by atoms with Crippen molar-refractivity contribution in [1.29, 1.82) is 0 Å². The number of hydrogen-bond donors (Lipinski definition) is 1. The second kappa shape index (κ2) is 8.32. The molecule has 0 spiro atoms. The SMILES string of the molecule is Cc1ccc(Nc2ncnc3ccc(-c4cccnc4-c4ccc(F)c(Cl)c4)cc23)cn1. The Morgan fingerprint density at radius 1 is 0.875 bits per heavy atom. The van der Waals surface area contributed by atoms with Crippen LogP contribution >= 0.6 is 11.6 Å². The van der Waals surface area contributed by atoms with E-state index in [9.17, 15) is 4.39 Å². The Morgan fingerprint density at radius 3 is 2.56 bits per heavy atom. The number of aromatic nitrogens is 4. The van der Waals surface area contributed by atoms with Crippen molar-refractivity contribution >= 4 is 34.0 Å². The first-order valence-corrected chi connectivity index (χ1v) is 10.3. The third kappa shape index (κ3) is 3.88. The Morgan fingerprint density at radius 2 is 1.75 bits per heavy atom. The number of nitrogens with zero attached hydrogens (tertiary/aromatic N) is 4. The van der Waals surface area contributed by atoms with Gasteiger partial charge in [-0.05, 0) is 61.0 Å². The van der Waals surface area contributed by atoms with Gasteiger partial charge in [0.1, 0.15) is 18.0 Å². The first-order valence-electron chi connectivity index (χ1n) is 9.94. The van der Waals surface area contributed by atoms with Crippen LogP contribution in [0.1, 0.15) is 5.69 Å². The molecule has 0 saturated carbocycles. The van der Waals surface area contributed by atoms with Crippen molar-refractivity contribution in [1.82, 2.24) is 19.9 Å². The lowest BCUT2D eigenvalue weighted by molar-refractivity contribution is 0.628. The number of benzene rings is 2. The summed E-state index contributed by atoms with van der Waals surface area (Å²) in [5.41, 5.74) is 5.86. The third-order valence-corrected chi connectivity index (χ3v) is 5.41. The first kappa shape index (κ1) is 20.0. The molecule has 156 valence electrons. The van der Waals surface area contributed by atoms with Crippen molar-refractivity contribution in [2.45, 2.75) is 6.92 Å². The second-order valence-electron chi connectivity index (χ2n) is 7.30. The molecule has 0 atom stereocenters. The standard InChI is InChI=1S/C25H17ClFN5/c1-15-4-7-18(13-29-15)32-25-20-11-16(6-9-23(20)30-14-31-25)19-3-2-10-28-24(19)17-5-8-22(27)21(26)12-17/h2-14H,1H3,(H,30,31,32). The molecular formula is C25H17ClFN5. The van der Waals surface area contributed by atoms with E-state index in [1.807, 2.05) is 49.4 Å². The molecule has 0 aliphatic carbocycles. The zero-order chi connectivity index (χ0) is 22.1. The van der Waals surface area contributed by atoms with E-state index in [2.05, 4.69) is 25.3 Å². The van der Waals surface area contributed by atoms with E-state index in [0.717, 1.165) is 39.0 Å². The van der Waals surface area contributed by atoms with Crippen molar-refractivity contribution in [3.05, 3.63) is 95.9 Å². The zero-order valence-corrected chi connectivity index (χ0v) is 17.8. The summed E-state index contributed by atoms with van der Waals surface area (Å²) in [6.45, 7) is 1.94. The van der Waals surface area contributed by atoms with Crippen molar-refractivity contribution in [3.63, 3.8) is 0 Å². The molecule has 0 amide bonds. The van der Waals surface area contributed by atoms with Gasteiger partial charge in [0.2, 0.25) is 0 Å². The molecule has 2 aromatic carbocycles. The fourth-order valence-electron chi connectivity index (χ4n) is 3.51. The van der Waals surface area contributed by atoms with Crippen LogP contribution in [0.5, 0.6) is 0 Å². The number of rotatable bonds is 4. The van der Waals surface area contributed by atoms with Crippen LogP contribution in [0.25, 0.3) is 33.3 Å². The van der Waals surface area contributed by atoms with E-state index in [4.69, 9.17) is 11.6 Å². The number of pyridine rings is 2. The van der Waals surface area contributed by atoms with Gasteiger partial charge in [0.15, 0.2) is 0 Å². The van der Waals surface area contributed by atoms with E-state index in [1.54, 1.807) is 24.5 Å². The van der Waals surface area contributed by atoms with Crippen molar-refractivity contribution < 1.29 is 4.39 Å². The number of aryl methyl sites for hydroxylation is 1. The predicted molar refractivity (Wildman–Crippen MR) is 125 cm³/mol. The molecule has 5 rings (SSSR count). The van der Waals surface area contributed by atoms with Gasteiger partial charge in [0.25, 0.3) is 0 Å². The average molecular weight is 442 g/mol. The highest BCUT2D eigenvalue weighted by atomic mass is 35.5. The molecule has 5 nitrogen and oxygen atoms in total. The van der Waals surface area contributed by atoms with Crippen LogP contribution in [-0.2, 0) is 0 Å². The minimum atomic E-state index is -0.461. The molecule has 0 radical (unpaired) electrons. The highest BCUT2D eigenvalue weighted by Crippen LogP contribution is 2.34. The highest BCUT2D eigenvalue weighted by molar-refractivity contribution is 6.31. The molecule has 5 aromatic rings. The summed E-state index contributed by atoms with van der Waals surface area (Å²) in [5, 5.41) is 4.24. The molecule has 0 fully saturated rings. The highest BCUT2D eigenvalue weighted by Gasteiger charge is 2.13. The largest absolute Gasteiger partial charge is 0.338 e. The molecule has 0 unspecified atom stereocenters. The van der Waals surface area contributed by atoms with Gasteiger partial charge in [-0.3, -0.25) is 9.97 Å². The Labute approximate surface area is 189 Å². The summed E-state index contributed by atoms with van der Waals surface area (Å²) in [4.78, 5) is 17.7. The number of fused-ring (bicyclic) bond motifs is 1. The molecule has 0 bridgehead atoms. The minimum absolute atomic E-state index is 0.0595. The van der Waals surface area contributed by atoms with Gasteiger partial charge in [-0.15, -0.1) is 0 Å². The van der Waals surface area contributed by atoms with E-state index in [0.29, 0.717) is 11.5 Å². The van der Waals surface area contributed by atoms with Crippen LogP contribution in [0.2, 0.25) is 5.02 Å². The van der Waals surface area contributed by atoms with Crippen LogP contribution in [-0.4, -0.2) is 19.9 Å². The van der Waals surface area contributed by atoms with Crippen LogP contribution in [0.15, 0.2) is 79.4 Å². The fourth-order valence-corrected chi connectivity index (χ4v) is 3.69. The van der Waals surface area contributed by atoms with Crippen LogP contribution in [0.3, 0.4) is 0 Å². The van der Waals surface area contributed by atoms with E-state index in [-0.39, 0.29) is 5.02 Å². The van der Waals surface area contributed by atoms with Gasteiger partial charge >= 0.3 is 0 Å². The number of nitrogens with one attached hydrogen (secondary N) is 1. The van der Waals surface area contributed by atoms with Gasteiger partial charge < -0.3 is 5.32 Å². The zero-order valence-electron chi connectivity index (χ0n) is 17.1. The van der Waals surface area contributed by atoms with Crippen molar-refractivity contribution in [3.8, 4) is 22.4 Å². The molecule has 3 heterocycles. The molecular weight excluding hydrogens is 425 g/mol. The topological polar surface area (TPSA) is 63.6 Å². The fraction of sp³-hybridized carbons (Fsp3) is 0.0400. The maximum Gasteiger partial charge on any atom is 0.141 e. The number of halogens is 2. The Bertz CT molecular complexity index is 1440. The van der Waals surface area contributed by atoms with E-state index < -0.39 is 5.82 Å². The summed E-state index contributed by atoms with van der Waals surface area (Å²) >= 11 is 6.02. The molecule has 1 N–H and O–H groups in total. The molecule has 32 heavy (non-hydrogen) atoms. The summed E-state index contributed by atoms with van der Waals surface area (Å²) in [6.07, 6.45) is 5.00. The second-order valence-corrected chi connectivity index (χ2v) is 7.70. The summed E-state index contributed by atoms with van der Waals surface area (Å²) in [6, 6.07) is 18.3. The minimum Gasteiger partial charge on any atom is -0.338 e. The number of anilines is 2. The smallest absolute Gasteiger partial charge is 0.141 e. The molecule has 3 aromatic heterocycles. The molecule has 0 saturated heterocycles. The maximum atomic E-state index is 13.7. The average Bonchev–Trinajstić information content (AvgIpc) is 2.82. The Kier molecular flexibility index (Phi) is 5.21. The maximum absolute atomic E-state index is 13.7. The lowest BCUT2D eigenvalue weighted by Gasteiger charge is -2.12. The third-order valence-electron chi connectivity index (χ3n) is 5.12. The van der Waals surface area contributed by atoms with Crippen molar-refractivity contribution in [2.75, 3.05) is 5.32 Å². The van der Waals surface area contributed by atoms with E-state index >= 15 is 0 Å².